The van der Waals surface area contributed by atoms with E-state index in [4.69, 9.17) is 4.74 Å². The van der Waals surface area contributed by atoms with Crippen molar-refractivity contribution in [2.45, 2.75) is 50.6 Å². The maximum absolute atomic E-state index is 13.4. The molecule has 1 saturated carbocycles. The van der Waals surface area contributed by atoms with E-state index < -0.39 is 0 Å². The molecule has 0 saturated heterocycles. The molecule has 1 aliphatic rings. The quantitative estimate of drug-likeness (QED) is 0.694. The Morgan fingerprint density at radius 1 is 0.966 bits per heavy atom. The molecule has 3 rings (SSSR count). The van der Waals surface area contributed by atoms with Crippen molar-refractivity contribution < 1.29 is 14.3 Å². The van der Waals surface area contributed by atoms with Crippen LogP contribution in [0.2, 0.25) is 0 Å². The molecular weight excluding hydrogens is 364 g/mol. The largest absolute Gasteiger partial charge is 0.469 e. The first-order valence-electron chi connectivity index (χ1n) is 10.4. The third-order valence-electron chi connectivity index (χ3n) is 5.52. The molecule has 0 bridgehead atoms. The number of carbonyl (C=O) groups is 2. The van der Waals surface area contributed by atoms with Gasteiger partial charge in [-0.25, -0.2) is 4.79 Å². The number of nitrogens with zero attached hydrogens (tertiary/aromatic N) is 1. The highest BCUT2D eigenvalue weighted by molar-refractivity contribution is 5.77. The zero-order chi connectivity index (χ0) is 20.5. The fraction of sp³-hybridized carbons (Fsp3) is 0.417. The van der Waals surface area contributed by atoms with Gasteiger partial charge < -0.3 is 15.0 Å². The lowest BCUT2D eigenvalue weighted by atomic mass is 9.95. The van der Waals surface area contributed by atoms with Crippen LogP contribution in [0.15, 0.2) is 60.7 Å². The van der Waals surface area contributed by atoms with Gasteiger partial charge in [-0.3, -0.25) is 4.79 Å². The summed E-state index contributed by atoms with van der Waals surface area (Å²) in [4.78, 5) is 27.0. The average Bonchev–Trinajstić information content (AvgIpc) is 2.78. The number of urea groups is 1. The van der Waals surface area contributed by atoms with Crippen molar-refractivity contribution in [3.05, 3.63) is 71.8 Å². The van der Waals surface area contributed by atoms with Crippen molar-refractivity contribution in [2.24, 2.45) is 0 Å². The highest BCUT2D eigenvalue weighted by Gasteiger charge is 2.29. The summed E-state index contributed by atoms with van der Waals surface area (Å²) in [5, 5.41) is 3.22. The number of benzene rings is 2. The summed E-state index contributed by atoms with van der Waals surface area (Å²) in [6, 6.07) is 19.7. The first-order chi connectivity index (χ1) is 14.2. The van der Waals surface area contributed by atoms with Crippen LogP contribution in [0, 0.1) is 0 Å². The van der Waals surface area contributed by atoms with Crippen LogP contribution >= 0.6 is 0 Å². The first kappa shape index (κ1) is 20.9. The van der Waals surface area contributed by atoms with Crippen LogP contribution in [0.1, 0.15) is 55.7 Å². The van der Waals surface area contributed by atoms with Crippen LogP contribution in [0.4, 0.5) is 4.79 Å². The molecule has 0 heterocycles. The molecular formula is C24H30N2O3. The van der Waals surface area contributed by atoms with E-state index in [0.717, 1.165) is 36.8 Å². The summed E-state index contributed by atoms with van der Waals surface area (Å²) in [5.74, 6) is -0.319. The predicted octanol–water partition coefficient (Wildman–Crippen LogP) is 4.68. The molecule has 0 aromatic heterocycles. The number of hydrogen-bond acceptors (Lipinski definition) is 3. The van der Waals surface area contributed by atoms with Crippen LogP contribution in [-0.2, 0) is 9.53 Å². The molecule has 5 nitrogen and oxygen atoms in total. The van der Waals surface area contributed by atoms with E-state index in [2.05, 4.69) is 5.32 Å². The molecule has 154 valence electrons. The lowest BCUT2D eigenvalue weighted by molar-refractivity contribution is -0.140. The maximum Gasteiger partial charge on any atom is 0.318 e. The van der Waals surface area contributed by atoms with E-state index in [0.29, 0.717) is 6.54 Å². The second kappa shape index (κ2) is 10.6. The van der Waals surface area contributed by atoms with Crippen molar-refractivity contribution in [3.8, 4) is 0 Å². The molecule has 1 N–H and O–H groups in total. The van der Waals surface area contributed by atoms with E-state index in [1.54, 1.807) is 4.90 Å². The number of rotatable bonds is 7. The molecule has 29 heavy (non-hydrogen) atoms. The summed E-state index contributed by atoms with van der Waals surface area (Å²) < 4.78 is 4.82. The average molecular weight is 395 g/mol. The van der Waals surface area contributed by atoms with Gasteiger partial charge in [0.1, 0.15) is 0 Å². The lowest BCUT2D eigenvalue weighted by Gasteiger charge is -2.34. The predicted molar refractivity (Wildman–Crippen MR) is 113 cm³/mol. The minimum absolute atomic E-state index is 0.126. The third kappa shape index (κ3) is 5.83. The Balaban J connectivity index is 1.90. The number of carbonyl (C=O) groups excluding carboxylic acids is 2. The monoisotopic (exact) mass is 394 g/mol. The van der Waals surface area contributed by atoms with Crippen LogP contribution in [-0.4, -0.2) is 36.6 Å². The maximum atomic E-state index is 13.4. The van der Waals surface area contributed by atoms with Crippen LogP contribution in [0.25, 0.3) is 0 Å². The van der Waals surface area contributed by atoms with Crippen LogP contribution in [0.3, 0.4) is 0 Å². The van der Waals surface area contributed by atoms with Gasteiger partial charge in [0.25, 0.3) is 0 Å². The SMILES string of the molecule is COC(=O)CCN(C(=O)NC1CCCCC1)C(c1ccccc1)c1ccccc1. The van der Waals surface area contributed by atoms with Crippen molar-refractivity contribution in [1.29, 1.82) is 0 Å². The minimum atomic E-state index is -0.319. The summed E-state index contributed by atoms with van der Waals surface area (Å²) in [6.07, 6.45) is 5.71. The Morgan fingerprint density at radius 3 is 2.03 bits per heavy atom. The Bertz CT molecular complexity index is 734. The first-order valence-corrected chi connectivity index (χ1v) is 10.4. The van der Waals surface area contributed by atoms with Gasteiger partial charge in [0.15, 0.2) is 0 Å². The van der Waals surface area contributed by atoms with Gasteiger partial charge in [0.2, 0.25) is 0 Å². The van der Waals surface area contributed by atoms with E-state index in [-0.39, 0.29) is 30.5 Å². The van der Waals surface area contributed by atoms with E-state index in [1.807, 2.05) is 60.7 Å². The fourth-order valence-electron chi connectivity index (χ4n) is 3.99. The second-order valence-electron chi connectivity index (χ2n) is 7.53. The standard InChI is InChI=1S/C24H30N2O3/c1-29-22(27)17-18-26(24(28)25-21-15-9-4-10-16-21)23(19-11-5-2-6-12-19)20-13-7-3-8-14-20/h2-3,5-8,11-14,21,23H,4,9-10,15-18H2,1H3,(H,25,28). The van der Waals surface area contributed by atoms with Gasteiger partial charge in [-0.2, -0.15) is 0 Å². The van der Waals surface area contributed by atoms with Gasteiger partial charge >= 0.3 is 12.0 Å². The van der Waals surface area contributed by atoms with Crippen molar-refractivity contribution in [3.63, 3.8) is 0 Å². The Morgan fingerprint density at radius 2 is 1.52 bits per heavy atom. The highest BCUT2D eigenvalue weighted by Crippen LogP contribution is 2.29. The summed E-state index contributed by atoms with van der Waals surface area (Å²) in [5.41, 5.74) is 2.03. The molecule has 0 aliphatic heterocycles. The number of methoxy groups -OCH3 is 1. The lowest BCUT2D eigenvalue weighted by Crippen LogP contribution is -2.47. The smallest absolute Gasteiger partial charge is 0.318 e. The molecule has 0 spiro atoms. The normalized spacial score (nSPS) is 14.4. The molecule has 0 atom stereocenters. The number of amides is 2. The van der Waals surface area contributed by atoms with E-state index >= 15 is 0 Å². The summed E-state index contributed by atoms with van der Waals surface area (Å²) >= 11 is 0. The van der Waals surface area contributed by atoms with E-state index in [1.165, 1.54) is 13.5 Å². The second-order valence-corrected chi connectivity index (χ2v) is 7.53. The fourth-order valence-corrected chi connectivity index (χ4v) is 3.99. The van der Waals surface area contributed by atoms with Crippen molar-refractivity contribution in [2.75, 3.05) is 13.7 Å². The minimum Gasteiger partial charge on any atom is -0.469 e. The zero-order valence-electron chi connectivity index (χ0n) is 17.0. The zero-order valence-corrected chi connectivity index (χ0v) is 17.0. The van der Waals surface area contributed by atoms with Crippen molar-refractivity contribution in [1.82, 2.24) is 10.2 Å². The van der Waals surface area contributed by atoms with Gasteiger partial charge in [-0.1, -0.05) is 79.9 Å². The summed E-state index contributed by atoms with van der Waals surface area (Å²) in [7, 11) is 1.38. The van der Waals surface area contributed by atoms with Crippen LogP contribution < -0.4 is 5.32 Å². The third-order valence-corrected chi connectivity index (χ3v) is 5.52. The number of hydrogen-bond donors (Lipinski definition) is 1. The molecule has 1 fully saturated rings. The molecule has 1 aliphatic carbocycles. The molecule has 0 radical (unpaired) electrons. The Hall–Kier alpha value is -2.82. The number of ether oxygens (including phenoxy) is 1. The Labute approximate surface area is 173 Å². The van der Waals surface area contributed by atoms with Gasteiger partial charge in [-0.05, 0) is 24.0 Å². The topological polar surface area (TPSA) is 58.6 Å². The molecule has 2 aromatic carbocycles. The molecule has 2 aromatic rings. The highest BCUT2D eigenvalue weighted by atomic mass is 16.5. The van der Waals surface area contributed by atoms with Gasteiger partial charge in [0.05, 0.1) is 19.6 Å². The molecule has 0 unspecified atom stereocenters. The molecule has 2 amide bonds. The van der Waals surface area contributed by atoms with Crippen molar-refractivity contribution >= 4 is 12.0 Å². The van der Waals surface area contributed by atoms with Gasteiger partial charge in [0, 0.05) is 12.6 Å². The number of nitrogens with one attached hydrogen (secondary N) is 1. The van der Waals surface area contributed by atoms with E-state index in [9.17, 15) is 9.59 Å². The molecule has 5 heteroatoms. The van der Waals surface area contributed by atoms with Gasteiger partial charge in [-0.15, -0.1) is 0 Å². The van der Waals surface area contributed by atoms with Crippen LogP contribution in [0.5, 0.6) is 0 Å². The number of esters is 1. The Kier molecular flexibility index (Phi) is 7.68. The summed E-state index contributed by atoms with van der Waals surface area (Å²) in [6.45, 7) is 0.291.